The van der Waals surface area contributed by atoms with Crippen LogP contribution in [0.15, 0.2) is 0 Å². The fourth-order valence-corrected chi connectivity index (χ4v) is 1.39. The molecule has 0 saturated carbocycles. The van der Waals surface area contributed by atoms with E-state index in [-0.39, 0.29) is 18.6 Å². The van der Waals surface area contributed by atoms with Gasteiger partial charge in [-0.25, -0.2) is 0 Å². The average Bonchev–Trinajstić information content (AvgIpc) is 2.04. The molecule has 1 aliphatic rings. The predicted molar refractivity (Wildman–Crippen MR) is 42.1 cm³/mol. The molecule has 11 heavy (non-hydrogen) atoms. The number of hydrogen-bond acceptors (Lipinski definition) is 2. The summed E-state index contributed by atoms with van der Waals surface area (Å²) in [4.78, 5) is 13.0. The standard InChI is InChI=1S/C8H15NO2/c1-7(6-10)9-5-3-2-4-8(9)11/h7,10H,2-6H2,1H3/t7-/m0/s1. The Bertz CT molecular complexity index is 147. The van der Waals surface area contributed by atoms with Gasteiger partial charge in [0.25, 0.3) is 0 Å². The minimum absolute atomic E-state index is 0.00259. The van der Waals surface area contributed by atoms with Crippen LogP contribution in [0.2, 0.25) is 0 Å². The summed E-state index contributed by atoms with van der Waals surface area (Å²) in [5.41, 5.74) is 0. The lowest BCUT2D eigenvalue weighted by molar-refractivity contribution is -0.136. The van der Waals surface area contributed by atoms with Gasteiger partial charge in [0, 0.05) is 13.0 Å². The maximum absolute atomic E-state index is 11.2. The lowest BCUT2D eigenvalue weighted by atomic mass is 10.1. The highest BCUT2D eigenvalue weighted by molar-refractivity contribution is 5.77. The number of rotatable bonds is 2. The molecule has 0 aromatic carbocycles. The Morgan fingerprint density at radius 2 is 2.36 bits per heavy atom. The van der Waals surface area contributed by atoms with Crippen LogP contribution in [0, 0.1) is 0 Å². The second kappa shape index (κ2) is 3.72. The first-order chi connectivity index (χ1) is 5.25. The highest BCUT2D eigenvalue weighted by Gasteiger charge is 2.21. The van der Waals surface area contributed by atoms with E-state index in [4.69, 9.17) is 5.11 Å². The van der Waals surface area contributed by atoms with Gasteiger partial charge in [0.15, 0.2) is 0 Å². The van der Waals surface area contributed by atoms with Crippen LogP contribution in [0.1, 0.15) is 26.2 Å². The normalized spacial score (nSPS) is 22.0. The summed E-state index contributed by atoms with van der Waals surface area (Å²) < 4.78 is 0. The summed E-state index contributed by atoms with van der Waals surface area (Å²) in [6.07, 6.45) is 2.74. The molecule has 1 rings (SSSR count). The van der Waals surface area contributed by atoms with Crippen LogP contribution in [0.4, 0.5) is 0 Å². The molecular weight excluding hydrogens is 142 g/mol. The highest BCUT2D eigenvalue weighted by Crippen LogP contribution is 2.12. The van der Waals surface area contributed by atoms with Crippen molar-refractivity contribution in [1.29, 1.82) is 0 Å². The van der Waals surface area contributed by atoms with E-state index in [9.17, 15) is 4.79 Å². The molecule has 0 aromatic rings. The van der Waals surface area contributed by atoms with Gasteiger partial charge in [-0.1, -0.05) is 0 Å². The smallest absolute Gasteiger partial charge is 0.222 e. The van der Waals surface area contributed by atoms with E-state index in [1.165, 1.54) is 0 Å². The van der Waals surface area contributed by atoms with Gasteiger partial charge in [0.1, 0.15) is 0 Å². The van der Waals surface area contributed by atoms with Crippen LogP contribution in [-0.2, 0) is 4.79 Å². The minimum Gasteiger partial charge on any atom is -0.394 e. The van der Waals surface area contributed by atoms with Crippen molar-refractivity contribution in [3.05, 3.63) is 0 Å². The van der Waals surface area contributed by atoms with E-state index in [0.717, 1.165) is 19.4 Å². The third kappa shape index (κ3) is 1.93. The Hall–Kier alpha value is -0.570. The van der Waals surface area contributed by atoms with E-state index >= 15 is 0 Å². The molecule has 0 bridgehead atoms. The minimum atomic E-state index is 0.00259. The summed E-state index contributed by atoms with van der Waals surface area (Å²) in [6.45, 7) is 2.77. The van der Waals surface area contributed by atoms with E-state index < -0.39 is 0 Å². The van der Waals surface area contributed by atoms with E-state index in [1.54, 1.807) is 4.90 Å². The number of hydrogen-bond donors (Lipinski definition) is 1. The summed E-state index contributed by atoms with van der Waals surface area (Å²) >= 11 is 0. The molecule has 1 N–H and O–H groups in total. The zero-order chi connectivity index (χ0) is 8.27. The SMILES string of the molecule is C[C@@H](CO)N1CCCCC1=O. The third-order valence-corrected chi connectivity index (χ3v) is 2.16. The summed E-state index contributed by atoms with van der Waals surface area (Å²) in [5, 5.41) is 8.81. The van der Waals surface area contributed by atoms with Crippen molar-refractivity contribution in [2.45, 2.75) is 32.2 Å². The quantitative estimate of drug-likeness (QED) is 0.629. The number of likely N-dealkylation sites (tertiary alicyclic amines) is 1. The predicted octanol–water partition coefficient (Wildman–Crippen LogP) is 0.380. The summed E-state index contributed by atoms with van der Waals surface area (Å²) in [7, 11) is 0. The Morgan fingerprint density at radius 3 is 2.91 bits per heavy atom. The maximum atomic E-state index is 11.2. The first kappa shape index (κ1) is 8.53. The molecule has 1 aliphatic heterocycles. The Balaban J connectivity index is 2.47. The van der Waals surface area contributed by atoms with Crippen molar-refractivity contribution in [2.75, 3.05) is 13.2 Å². The number of aliphatic hydroxyl groups excluding tert-OH is 1. The largest absolute Gasteiger partial charge is 0.394 e. The fourth-order valence-electron chi connectivity index (χ4n) is 1.39. The Labute approximate surface area is 67.0 Å². The van der Waals surface area contributed by atoms with Crippen LogP contribution in [-0.4, -0.2) is 35.1 Å². The van der Waals surface area contributed by atoms with Crippen molar-refractivity contribution >= 4 is 5.91 Å². The number of carbonyl (C=O) groups excluding carboxylic acids is 1. The monoisotopic (exact) mass is 157 g/mol. The lowest BCUT2D eigenvalue weighted by Gasteiger charge is -2.31. The molecule has 0 spiro atoms. The highest BCUT2D eigenvalue weighted by atomic mass is 16.3. The van der Waals surface area contributed by atoms with Crippen molar-refractivity contribution in [1.82, 2.24) is 4.90 Å². The lowest BCUT2D eigenvalue weighted by Crippen LogP contribution is -2.43. The molecular formula is C8H15NO2. The molecule has 0 aliphatic carbocycles. The van der Waals surface area contributed by atoms with Gasteiger partial charge in [-0.05, 0) is 19.8 Å². The van der Waals surface area contributed by atoms with Gasteiger partial charge in [0.05, 0.1) is 12.6 Å². The van der Waals surface area contributed by atoms with Crippen molar-refractivity contribution < 1.29 is 9.90 Å². The second-order valence-electron chi connectivity index (χ2n) is 3.08. The molecule has 3 heteroatoms. The molecule has 1 saturated heterocycles. The molecule has 1 amide bonds. The number of piperidine rings is 1. The first-order valence-electron chi connectivity index (χ1n) is 4.16. The first-order valence-corrected chi connectivity index (χ1v) is 4.16. The van der Waals surface area contributed by atoms with E-state index in [0.29, 0.717) is 6.42 Å². The van der Waals surface area contributed by atoms with Crippen LogP contribution >= 0.6 is 0 Å². The van der Waals surface area contributed by atoms with Gasteiger partial charge in [-0.3, -0.25) is 4.79 Å². The van der Waals surface area contributed by atoms with Gasteiger partial charge in [0.2, 0.25) is 5.91 Å². The Kier molecular flexibility index (Phi) is 2.88. The van der Waals surface area contributed by atoms with Crippen molar-refractivity contribution in [3.8, 4) is 0 Å². The van der Waals surface area contributed by atoms with Crippen LogP contribution in [0.25, 0.3) is 0 Å². The molecule has 1 heterocycles. The van der Waals surface area contributed by atoms with Crippen LogP contribution in [0.3, 0.4) is 0 Å². The number of nitrogens with zero attached hydrogens (tertiary/aromatic N) is 1. The van der Waals surface area contributed by atoms with E-state index in [2.05, 4.69) is 0 Å². The second-order valence-corrected chi connectivity index (χ2v) is 3.08. The Morgan fingerprint density at radius 1 is 1.64 bits per heavy atom. The third-order valence-electron chi connectivity index (χ3n) is 2.16. The molecule has 3 nitrogen and oxygen atoms in total. The van der Waals surface area contributed by atoms with E-state index in [1.807, 2.05) is 6.92 Å². The molecule has 0 unspecified atom stereocenters. The summed E-state index contributed by atoms with van der Waals surface area (Å²) in [5.74, 6) is 0.192. The number of carbonyl (C=O) groups is 1. The molecule has 0 radical (unpaired) electrons. The van der Waals surface area contributed by atoms with Crippen molar-refractivity contribution in [3.63, 3.8) is 0 Å². The molecule has 1 atom stereocenters. The van der Waals surface area contributed by atoms with Gasteiger partial charge < -0.3 is 10.0 Å². The maximum Gasteiger partial charge on any atom is 0.222 e. The van der Waals surface area contributed by atoms with Gasteiger partial charge in [-0.15, -0.1) is 0 Å². The fraction of sp³-hybridized carbons (Fsp3) is 0.875. The number of amides is 1. The van der Waals surface area contributed by atoms with Gasteiger partial charge >= 0.3 is 0 Å². The number of aliphatic hydroxyl groups is 1. The van der Waals surface area contributed by atoms with Crippen LogP contribution in [0.5, 0.6) is 0 Å². The average molecular weight is 157 g/mol. The van der Waals surface area contributed by atoms with Crippen molar-refractivity contribution in [2.24, 2.45) is 0 Å². The topological polar surface area (TPSA) is 40.5 Å². The van der Waals surface area contributed by atoms with Crippen LogP contribution < -0.4 is 0 Å². The molecule has 64 valence electrons. The van der Waals surface area contributed by atoms with Gasteiger partial charge in [-0.2, -0.15) is 0 Å². The zero-order valence-corrected chi connectivity index (χ0v) is 6.92. The molecule has 0 aromatic heterocycles. The molecule has 1 fully saturated rings. The zero-order valence-electron chi connectivity index (χ0n) is 6.92. The summed E-state index contributed by atoms with van der Waals surface area (Å²) in [6, 6.07) is 0.00259.